The molecular formula is C17H12NO4-. The second kappa shape index (κ2) is 5.11. The number of hydrogen-bond acceptors (Lipinski definition) is 4. The molecular weight excluding hydrogens is 282 g/mol. The standard InChI is InChI=1S/C17H13NO4/c1-9(17(21)22)18-16(20)13-8-4-7-12-14(13)10-5-2-3-6-11(10)15(12)19/h2-9H,1H3,(H,18,20)(H,21,22)/p-1/t9-/m0/s1. The molecule has 0 aromatic heterocycles. The van der Waals surface area contributed by atoms with Gasteiger partial charge in [0, 0.05) is 22.3 Å². The van der Waals surface area contributed by atoms with Crippen LogP contribution in [0.3, 0.4) is 0 Å². The number of fused-ring (bicyclic) bond motifs is 3. The Morgan fingerprint density at radius 1 is 1.00 bits per heavy atom. The van der Waals surface area contributed by atoms with Crippen molar-refractivity contribution in [2.45, 2.75) is 13.0 Å². The predicted octanol–water partition coefficient (Wildman–Crippen LogP) is 0.766. The van der Waals surface area contributed by atoms with Gasteiger partial charge in [-0.1, -0.05) is 36.4 Å². The van der Waals surface area contributed by atoms with Crippen LogP contribution in [0.4, 0.5) is 0 Å². The fraction of sp³-hybridized carbons (Fsp3) is 0.118. The SMILES string of the molecule is C[C@H](NC(=O)c1cccc2c1-c1ccccc1C2=O)C(=O)[O-]. The molecule has 5 heteroatoms. The van der Waals surface area contributed by atoms with Crippen molar-refractivity contribution in [3.63, 3.8) is 0 Å². The van der Waals surface area contributed by atoms with Crippen molar-refractivity contribution in [3.05, 3.63) is 59.2 Å². The summed E-state index contributed by atoms with van der Waals surface area (Å²) < 4.78 is 0. The van der Waals surface area contributed by atoms with E-state index in [4.69, 9.17) is 0 Å². The summed E-state index contributed by atoms with van der Waals surface area (Å²) in [5.41, 5.74) is 2.52. The summed E-state index contributed by atoms with van der Waals surface area (Å²) >= 11 is 0. The molecule has 0 saturated carbocycles. The van der Waals surface area contributed by atoms with Crippen molar-refractivity contribution < 1.29 is 19.5 Å². The maximum Gasteiger partial charge on any atom is 0.252 e. The van der Waals surface area contributed by atoms with Crippen molar-refractivity contribution in [1.29, 1.82) is 0 Å². The summed E-state index contributed by atoms with van der Waals surface area (Å²) in [7, 11) is 0. The predicted molar refractivity (Wildman–Crippen MR) is 77.2 cm³/mol. The number of carboxylic acid groups (broad SMARTS) is 1. The zero-order valence-corrected chi connectivity index (χ0v) is 11.8. The van der Waals surface area contributed by atoms with Crippen molar-refractivity contribution in [2.24, 2.45) is 0 Å². The molecule has 1 atom stereocenters. The number of nitrogens with one attached hydrogen (secondary N) is 1. The topological polar surface area (TPSA) is 86.3 Å². The fourth-order valence-electron chi connectivity index (χ4n) is 2.60. The van der Waals surface area contributed by atoms with E-state index in [0.717, 1.165) is 0 Å². The van der Waals surface area contributed by atoms with E-state index < -0.39 is 17.9 Å². The van der Waals surface area contributed by atoms with Crippen LogP contribution in [0.2, 0.25) is 0 Å². The molecule has 1 aliphatic rings. The molecule has 0 spiro atoms. The average molecular weight is 294 g/mol. The molecule has 1 amide bonds. The summed E-state index contributed by atoms with van der Waals surface area (Å²) in [6, 6.07) is 10.8. The maximum absolute atomic E-state index is 12.4. The van der Waals surface area contributed by atoms with Gasteiger partial charge in [0.25, 0.3) is 5.91 Å². The number of aliphatic carboxylic acids is 1. The molecule has 5 nitrogen and oxygen atoms in total. The Morgan fingerprint density at radius 3 is 2.32 bits per heavy atom. The quantitative estimate of drug-likeness (QED) is 0.773. The third kappa shape index (κ3) is 2.07. The van der Waals surface area contributed by atoms with Gasteiger partial charge in [0.15, 0.2) is 5.78 Å². The third-order valence-corrected chi connectivity index (χ3v) is 3.70. The van der Waals surface area contributed by atoms with Gasteiger partial charge in [0.1, 0.15) is 0 Å². The van der Waals surface area contributed by atoms with Crippen LogP contribution >= 0.6 is 0 Å². The maximum atomic E-state index is 12.4. The van der Waals surface area contributed by atoms with Crippen LogP contribution in [0.1, 0.15) is 33.2 Å². The zero-order chi connectivity index (χ0) is 15.9. The van der Waals surface area contributed by atoms with Gasteiger partial charge >= 0.3 is 0 Å². The monoisotopic (exact) mass is 294 g/mol. The van der Waals surface area contributed by atoms with Gasteiger partial charge in [0.05, 0.1) is 12.0 Å². The summed E-state index contributed by atoms with van der Waals surface area (Å²) in [5, 5.41) is 13.1. The second-order valence-corrected chi connectivity index (χ2v) is 5.12. The van der Waals surface area contributed by atoms with E-state index in [1.807, 2.05) is 0 Å². The highest BCUT2D eigenvalue weighted by molar-refractivity contribution is 6.24. The van der Waals surface area contributed by atoms with Gasteiger partial charge in [-0.3, -0.25) is 9.59 Å². The van der Waals surface area contributed by atoms with Gasteiger partial charge in [-0.15, -0.1) is 0 Å². The van der Waals surface area contributed by atoms with Crippen LogP contribution in [-0.4, -0.2) is 23.7 Å². The van der Waals surface area contributed by atoms with Crippen LogP contribution in [0, 0.1) is 0 Å². The largest absolute Gasteiger partial charge is 0.548 e. The molecule has 0 fully saturated rings. The van der Waals surface area contributed by atoms with E-state index in [0.29, 0.717) is 22.3 Å². The van der Waals surface area contributed by atoms with Crippen molar-refractivity contribution >= 4 is 17.7 Å². The first kappa shape index (κ1) is 14.0. The van der Waals surface area contributed by atoms with E-state index >= 15 is 0 Å². The van der Waals surface area contributed by atoms with Crippen molar-refractivity contribution in [3.8, 4) is 11.1 Å². The summed E-state index contributed by atoms with van der Waals surface area (Å²) in [6.45, 7) is 1.33. The minimum Gasteiger partial charge on any atom is -0.548 e. The highest BCUT2D eigenvalue weighted by Crippen LogP contribution is 2.38. The molecule has 110 valence electrons. The zero-order valence-electron chi connectivity index (χ0n) is 11.8. The molecule has 2 aromatic carbocycles. The second-order valence-electron chi connectivity index (χ2n) is 5.12. The van der Waals surface area contributed by atoms with Crippen LogP contribution in [0.25, 0.3) is 11.1 Å². The number of carbonyl (C=O) groups excluding carboxylic acids is 3. The summed E-state index contributed by atoms with van der Waals surface area (Å²) in [4.78, 5) is 35.4. The Balaban J connectivity index is 2.09. The number of amides is 1. The van der Waals surface area contributed by atoms with E-state index in [9.17, 15) is 19.5 Å². The molecule has 3 rings (SSSR count). The Hall–Kier alpha value is -2.95. The van der Waals surface area contributed by atoms with Gasteiger partial charge in [-0.25, -0.2) is 0 Å². The van der Waals surface area contributed by atoms with Crippen LogP contribution in [0.15, 0.2) is 42.5 Å². The van der Waals surface area contributed by atoms with E-state index in [1.54, 1.807) is 42.5 Å². The Morgan fingerprint density at radius 2 is 1.64 bits per heavy atom. The Labute approximate surface area is 126 Å². The lowest BCUT2D eigenvalue weighted by Gasteiger charge is -2.16. The highest BCUT2D eigenvalue weighted by Gasteiger charge is 2.30. The lowest BCUT2D eigenvalue weighted by Crippen LogP contribution is -2.46. The summed E-state index contributed by atoms with van der Waals surface area (Å²) in [5.74, 6) is -2.04. The first-order valence-corrected chi connectivity index (χ1v) is 6.79. The molecule has 22 heavy (non-hydrogen) atoms. The molecule has 0 aliphatic heterocycles. The number of carboxylic acids is 1. The minimum absolute atomic E-state index is 0.131. The fourth-order valence-corrected chi connectivity index (χ4v) is 2.60. The van der Waals surface area contributed by atoms with Crippen molar-refractivity contribution in [2.75, 3.05) is 0 Å². The Bertz CT molecular complexity index is 810. The minimum atomic E-state index is -1.36. The molecule has 0 radical (unpaired) electrons. The first-order valence-electron chi connectivity index (χ1n) is 6.79. The van der Waals surface area contributed by atoms with Crippen LogP contribution in [0.5, 0.6) is 0 Å². The normalized spacial score (nSPS) is 13.2. The molecule has 0 heterocycles. The highest BCUT2D eigenvalue weighted by atomic mass is 16.4. The molecule has 1 N–H and O–H groups in total. The number of benzene rings is 2. The average Bonchev–Trinajstić information content (AvgIpc) is 2.81. The van der Waals surface area contributed by atoms with E-state index in [2.05, 4.69) is 5.32 Å². The molecule has 0 unspecified atom stereocenters. The van der Waals surface area contributed by atoms with E-state index in [1.165, 1.54) is 6.92 Å². The number of carbonyl (C=O) groups is 3. The van der Waals surface area contributed by atoms with Gasteiger partial charge in [-0.2, -0.15) is 0 Å². The van der Waals surface area contributed by atoms with Crippen LogP contribution in [-0.2, 0) is 4.79 Å². The molecule has 0 bridgehead atoms. The van der Waals surface area contributed by atoms with E-state index in [-0.39, 0.29) is 11.3 Å². The lowest BCUT2D eigenvalue weighted by molar-refractivity contribution is -0.307. The number of ketones is 1. The van der Waals surface area contributed by atoms with Crippen LogP contribution < -0.4 is 10.4 Å². The van der Waals surface area contributed by atoms with Gasteiger partial charge in [-0.05, 0) is 18.6 Å². The molecule has 1 aliphatic carbocycles. The first-order chi connectivity index (χ1) is 10.5. The third-order valence-electron chi connectivity index (χ3n) is 3.70. The Kier molecular flexibility index (Phi) is 3.25. The van der Waals surface area contributed by atoms with Gasteiger partial charge < -0.3 is 15.2 Å². The van der Waals surface area contributed by atoms with Gasteiger partial charge in [0.2, 0.25) is 0 Å². The smallest absolute Gasteiger partial charge is 0.252 e. The lowest BCUT2D eigenvalue weighted by atomic mass is 9.99. The van der Waals surface area contributed by atoms with Crippen molar-refractivity contribution in [1.82, 2.24) is 5.32 Å². The molecule has 0 saturated heterocycles. The summed E-state index contributed by atoms with van der Waals surface area (Å²) in [6.07, 6.45) is 0. The molecule has 2 aromatic rings. The number of hydrogen-bond donors (Lipinski definition) is 1. The number of rotatable bonds is 3.